The van der Waals surface area contributed by atoms with Crippen molar-refractivity contribution in [3.05, 3.63) is 216 Å². The standard InChI is InChI=1S/C49H39NOS2/c1-35(36-16-6-2-7-17-36)52(38-19-8-3-9-20-38)43-33-46-45-32-42(30-31-47(45)51-49(46)50-34-43)53(39-21-10-4-11-22-39,40-23-12-5-13-24-40)41-25-15-26-44-37(28-29-41)18-14-27-48(44)52/h2-35,37,44H,1H3/b26-15+,29-28-,41-25+. The Morgan fingerprint density at radius 3 is 1.91 bits per heavy atom. The number of hydrogen-bond donors (Lipinski definition) is 0. The molecule has 2 nitrogen and oxygen atoms in total. The number of furan rings is 1. The second kappa shape index (κ2) is 12.8. The molecule has 258 valence electrons. The van der Waals surface area contributed by atoms with Crippen molar-refractivity contribution in [1.29, 1.82) is 0 Å². The summed E-state index contributed by atoms with van der Waals surface area (Å²) in [5.74, 6) is 0.317. The Balaban J connectivity index is 1.38. The Labute approximate surface area is 314 Å². The molecular weight excluding hydrogens is 683 g/mol. The molecule has 53 heavy (non-hydrogen) atoms. The molecule has 0 amide bonds. The van der Waals surface area contributed by atoms with Crippen molar-refractivity contribution in [2.75, 3.05) is 0 Å². The Bertz CT molecular complexity index is 2600. The zero-order valence-corrected chi connectivity index (χ0v) is 31.1. The quantitative estimate of drug-likeness (QED) is 0.177. The van der Waals surface area contributed by atoms with Crippen LogP contribution in [-0.2, 0) is 0 Å². The Morgan fingerprint density at radius 2 is 1.21 bits per heavy atom. The number of fused-ring (bicyclic) bond motifs is 1. The van der Waals surface area contributed by atoms with Crippen molar-refractivity contribution in [1.82, 2.24) is 4.98 Å². The number of allylic oxidation sites excluding steroid dienone is 9. The van der Waals surface area contributed by atoms with Gasteiger partial charge in [-0.15, -0.1) is 10.0 Å². The molecule has 4 heterocycles. The first-order valence-corrected chi connectivity index (χ1v) is 21.7. The molecule has 11 rings (SSSR count). The van der Waals surface area contributed by atoms with Crippen LogP contribution in [-0.4, -0.2) is 4.98 Å². The van der Waals surface area contributed by atoms with E-state index in [0.717, 1.165) is 16.4 Å². The third kappa shape index (κ3) is 4.86. The number of rotatable bonds is 5. The van der Waals surface area contributed by atoms with E-state index in [1.165, 1.54) is 39.9 Å². The van der Waals surface area contributed by atoms with Crippen LogP contribution in [0.4, 0.5) is 0 Å². The number of aromatic nitrogens is 1. The average molecular weight is 722 g/mol. The molecule has 0 fully saturated rings. The van der Waals surface area contributed by atoms with Gasteiger partial charge >= 0.3 is 0 Å². The summed E-state index contributed by atoms with van der Waals surface area (Å²) >= 11 is 0. The zero-order chi connectivity index (χ0) is 35.4. The second-order valence-electron chi connectivity index (χ2n) is 13.9. The predicted octanol–water partition coefficient (Wildman–Crippen LogP) is 14.0. The van der Waals surface area contributed by atoms with E-state index in [0.29, 0.717) is 5.71 Å². The minimum atomic E-state index is -1.94. The van der Waals surface area contributed by atoms with E-state index in [1.54, 1.807) is 0 Å². The van der Waals surface area contributed by atoms with E-state index in [4.69, 9.17) is 9.40 Å². The normalized spacial score (nSPS) is 25.8. The Kier molecular flexibility index (Phi) is 7.78. The van der Waals surface area contributed by atoms with Crippen molar-refractivity contribution in [3.8, 4) is 0 Å². The highest BCUT2D eigenvalue weighted by molar-refractivity contribution is 8.37. The average Bonchev–Trinajstić information content (AvgIpc) is 3.58. The third-order valence-electron chi connectivity index (χ3n) is 11.2. The van der Waals surface area contributed by atoms with Crippen LogP contribution >= 0.6 is 20.1 Å². The van der Waals surface area contributed by atoms with E-state index >= 15 is 0 Å². The van der Waals surface area contributed by atoms with Gasteiger partial charge in [-0.05, 0) is 89.0 Å². The maximum absolute atomic E-state index is 6.59. The topological polar surface area (TPSA) is 26.0 Å². The van der Waals surface area contributed by atoms with Gasteiger partial charge in [-0.2, -0.15) is 10.0 Å². The maximum Gasteiger partial charge on any atom is 0.227 e. The van der Waals surface area contributed by atoms with Gasteiger partial charge in [0.05, 0.1) is 0 Å². The van der Waals surface area contributed by atoms with Gasteiger partial charge in [-0.25, -0.2) is 4.98 Å². The van der Waals surface area contributed by atoms with Gasteiger partial charge in [0, 0.05) is 58.5 Å². The molecule has 0 N–H and O–H groups in total. The zero-order valence-electron chi connectivity index (χ0n) is 29.5. The van der Waals surface area contributed by atoms with E-state index in [1.807, 2.05) is 0 Å². The second-order valence-corrected chi connectivity index (χ2v) is 20.5. The van der Waals surface area contributed by atoms with Crippen LogP contribution in [0.2, 0.25) is 0 Å². The molecule has 2 aliphatic heterocycles. The van der Waals surface area contributed by atoms with Crippen molar-refractivity contribution < 1.29 is 4.42 Å². The largest absolute Gasteiger partial charge is 0.438 e. The van der Waals surface area contributed by atoms with Crippen LogP contribution in [0.1, 0.15) is 17.7 Å². The minimum absolute atomic E-state index is 0.147. The molecule has 0 radical (unpaired) electrons. The molecule has 7 aromatic rings. The van der Waals surface area contributed by atoms with Crippen LogP contribution < -0.4 is 0 Å². The van der Waals surface area contributed by atoms with E-state index in [-0.39, 0.29) is 17.1 Å². The summed E-state index contributed by atoms with van der Waals surface area (Å²) in [7, 11) is -3.86. The van der Waals surface area contributed by atoms with Gasteiger partial charge in [-0.3, -0.25) is 0 Å². The molecule has 4 atom stereocenters. The van der Waals surface area contributed by atoms with Crippen molar-refractivity contribution in [2.24, 2.45) is 11.8 Å². The van der Waals surface area contributed by atoms with Gasteiger partial charge in [0.25, 0.3) is 0 Å². The molecule has 5 aromatic carbocycles. The number of nitrogens with zero attached hydrogens (tertiary/aromatic N) is 1. The first-order valence-electron chi connectivity index (χ1n) is 18.3. The molecular formula is C49H39NOS2. The molecule has 2 aromatic heterocycles. The van der Waals surface area contributed by atoms with Gasteiger partial charge in [0.2, 0.25) is 5.71 Å². The summed E-state index contributed by atoms with van der Waals surface area (Å²) in [5, 5.41) is 2.32. The Morgan fingerprint density at radius 1 is 0.585 bits per heavy atom. The first-order chi connectivity index (χ1) is 26.2. The van der Waals surface area contributed by atoms with Crippen LogP contribution in [0.15, 0.2) is 239 Å². The number of benzene rings is 5. The highest BCUT2D eigenvalue weighted by Gasteiger charge is 2.44. The summed E-state index contributed by atoms with van der Waals surface area (Å²) in [6.45, 7) is 2.43. The van der Waals surface area contributed by atoms with Crippen LogP contribution in [0, 0.1) is 11.8 Å². The van der Waals surface area contributed by atoms with Gasteiger partial charge in [0.15, 0.2) is 0 Å². The molecule has 2 aliphatic carbocycles. The van der Waals surface area contributed by atoms with Crippen molar-refractivity contribution >= 4 is 42.1 Å². The summed E-state index contributed by atoms with van der Waals surface area (Å²) < 4.78 is 6.59. The molecule has 4 aliphatic rings. The highest BCUT2D eigenvalue weighted by Crippen LogP contribution is 2.79. The fraction of sp³-hybridized carbons (Fsp3) is 0.0816. The van der Waals surface area contributed by atoms with Crippen molar-refractivity contribution in [2.45, 2.75) is 36.7 Å². The van der Waals surface area contributed by atoms with E-state index in [9.17, 15) is 0 Å². The highest BCUT2D eigenvalue weighted by atomic mass is 32.3. The van der Waals surface area contributed by atoms with Crippen LogP contribution in [0.25, 0.3) is 22.1 Å². The number of pyridine rings is 1. The SMILES string of the molecule is CC(c1ccccc1)S1(c2ccccc2)C2=CC=CC3\C=C/C(=C\C=C\C23)S(c2ccccc2)(c2ccccc2)c2ccc3oc4ncc1cc4c3c2. The number of hydrogen-bond acceptors (Lipinski definition) is 2. The fourth-order valence-electron chi connectivity index (χ4n) is 8.80. The molecule has 8 bridgehead atoms. The summed E-state index contributed by atoms with van der Waals surface area (Å²) in [6, 6.07) is 53.8. The Hall–Kier alpha value is -5.55. The van der Waals surface area contributed by atoms with E-state index in [2.05, 4.69) is 207 Å². The third-order valence-corrected chi connectivity index (χ3v) is 19.6. The molecule has 0 saturated heterocycles. The summed E-state index contributed by atoms with van der Waals surface area (Å²) in [5.41, 5.74) is 2.86. The smallest absolute Gasteiger partial charge is 0.227 e. The van der Waals surface area contributed by atoms with Crippen LogP contribution in [0.3, 0.4) is 0 Å². The van der Waals surface area contributed by atoms with Gasteiger partial charge < -0.3 is 4.42 Å². The molecule has 0 saturated carbocycles. The maximum atomic E-state index is 6.59. The predicted molar refractivity (Wildman–Crippen MR) is 223 cm³/mol. The minimum Gasteiger partial charge on any atom is -0.438 e. The van der Waals surface area contributed by atoms with Crippen LogP contribution in [0.5, 0.6) is 0 Å². The lowest BCUT2D eigenvalue weighted by atomic mass is 9.86. The molecule has 0 spiro atoms. The van der Waals surface area contributed by atoms with Gasteiger partial charge in [-0.1, -0.05) is 127 Å². The fourth-order valence-corrected chi connectivity index (χ4v) is 17.4. The monoisotopic (exact) mass is 721 g/mol. The lowest BCUT2D eigenvalue weighted by Crippen LogP contribution is -2.23. The summed E-state index contributed by atoms with van der Waals surface area (Å²) in [4.78, 5) is 14.4. The van der Waals surface area contributed by atoms with E-state index < -0.39 is 20.1 Å². The summed E-state index contributed by atoms with van der Waals surface area (Å²) in [6.07, 6.45) is 21.4. The first kappa shape index (κ1) is 32.1. The van der Waals surface area contributed by atoms with Gasteiger partial charge in [0.1, 0.15) is 5.58 Å². The lowest BCUT2D eigenvalue weighted by Gasteiger charge is -2.51. The lowest BCUT2D eigenvalue weighted by molar-refractivity contribution is 0.651. The molecule has 4 heteroatoms. The molecule has 4 unspecified atom stereocenters. The van der Waals surface area contributed by atoms with Crippen molar-refractivity contribution in [3.63, 3.8) is 0 Å².